The van der Waals surface area contributed by atoms with Gasteiger partial charge in [-0.1, -0.05) is 39.0 Å². The maximum Gasteiger partial charge on any atom is 0.140 e. The number of rotatable bonds is 9. The summed E-state index contributed by atoms with van der Waals surface area (Å²) in [5, 5.41) is 0. The third-order valence-electron chi connectivity index (χ3n) is 3.93. The number of unbranched alkanes of at least 4 members (excludes halogenated alkanes) is 6. The van der Waals surface area contributed by atoms with Crippen LogP contribution >= 0.6 is 0 Å². The Morgan fingerprint density at radius 3 is 2.12 bits per heavy atom. The van der Waals surface area contributed by atoms with Crippen LogP contribution in [0.25, 0.3) is 0 Å². The van der Waals surface area contributed by atoms with Crippen LogP contribution in [0, 0.1) is 12.3 Å². The minimum Gasteiger partial charge on any atom is -0.313 e. The Morgan fingerprint density at radius 1 is 1.00 bits per heavy atom. The van der Waals surface area contributed by atoms with E-state index in [-0.39, 0.29) is 0 Å². The molecule has 0 aromatic heterocycles. The summed E-state index contributed by atoms with van der Waals surface area (Å²) in [5.74, 6) is 2.85. The zero-order chi connectivity index (χ0) is 11.7. The number of likely N-dealkylation sites (tertiary alicyclic amines) is 1. The Hall–Kier alpha value is -0.480. The summed E-state index contributed by atoms with van der Waals surface area (Å²) in [6, 6.07) is 0. The highest BCUT2D eigenvalue weighted by Gasteiger charge is 2.33. The molecular weight excluding hydrogens is 194 g/mol. The number of hydrogen-bond acceptors (Lipinski definition) is 0. The molecule has 1 fully saturated rings. The van der Waals surface area contributed by atoms with Gasteiger partial charge < -0.3 is 4.48 Å². The van der Waals surface area contributed by atoms with Crippen LogP contribution in [0.3, 0.4) is 0 Å². The van der Waals surface area contributed by atoms with Crippen LogP contribution in [0.5, 0.6) is 0 Å². The fourth-order valence-electron chi connectivity index (χ4n) is 2.66. The molecule has 0 aromatic carbocycles. The molecule has 0 aliphatic carbocycles. The van der Waals surface area contributed by atoms with E-state index in [1.165, 1.54) is 75.5 Å². The zero-order valence-electron chi connectivity index (χ0n) is 11.0. The van der Waals surface area contributed by atoms with Gasteiger partial charge in [0.25, 0.3) is 0 Å². The van der Waals surface area contributed by atoms with Crippen molar-refractivity contribution in [2.45, 2.75) is 58.3 Å². The van der Waals surface area contributed by atoms with Crippen molar-refractivity contribution in [2.24, 2.45) is 0 Å². The van der Waals surface area contributed by atoms with E-state index in [2.05, 4.69) is 12.8 Å². The van der Waals surface area contributed by atoms with Crippen molar-refractivity contribution in [1.82, 2.24) is 0 Å². The first-order chi connectivity index (χ1) is 7.83. The first kappa shape index (κ1) is 13.6. The largest absolute Gasteiger partial charge is 0.313 e. The summed E-state index contributed by atoms with van der Waals surface area (Å²) >= 11 is 0. The summed E-state index contributed by atoms with van der Waals surface area (Å²) < 4.78 is 1.23. The molecule has 0 amide bonds. The third-order valence-corrected chi connectivity index (χ3v) is 3.93. The quantitative estimate of drug-likeness (QED) is 0.318. The first-order valence-corrected chi connectivity index (χ1v) is 7.11. The molecule has 0 aromatic rings. The standard InChI is InChI=1S/C15H28N/c1-3-5-6-7-8-9-10-13-16(12-4-2)14-11-15-16/h2H,3,5-15H2,1H3/q+1. The maximum atomic E-state index is 5.44. The summed E-state index contributed by atoms with van der Waals surface area (Å²) in [6.45, 7) is 7.24. The van der Waals surface area contributed by atoms with Crippen molar-refractivity contribution in [3.05, 3.63) is 0 Å². The van der Waals surface area contributed by atoms with Gasteiger partial charge in [0.15, 0.2) is 0 Å². The molecule has 1 saturated heterocycles. The molecule has 0 unspecified atom stereocenters. The monoisotopic (exact) mass is 222 g/mol. The number of terminal acetylenes is 1. The minimum absolute atomic E-state index is 0.968. The Bertz CT molecular complexity index is 210. The average molecular weight is 222 g/mol. The molecule has 0 bridgehead atoms. The van der Waals surface area contributed by atoms with Crippen LogP contribution in [-0.4, -0.2) is 30.7 Å². The van der Waals surface area contributed by atoms with Crippen molar-refractivity contribution in [3.8, 4) is 12.3 Å². The van der Waals surface area contributed by atoms with E-state index in [0.29, 0.717) is 0 Å². The van der Waals surface area contributed by atoms with Crippen LogP contribution in [0.1, 0.15) is 58.3 Å². The van der Waals surface area contributed by atoms with E-state index in [1.807, 2.05) is 0 Å². The van der Waals surface area contributed by atoms with Crippen LogP contribution in [0.15, 0.2) is 0 Å². The summed E-state index contributed by atoms with van der Waals surface area (Å²) in [6.07, 6.45) is 16.7. The Kier molecular flexibility index (Phi) is 6.57. The topological polar surface area (TPSA) is 0 Å². The van der Waals surface area contributed by atoms with Crippen molar-refractivity contribution in [3.63, 3.8) is 0 Å². The first-order valence-electron chi connectivity index (χ1n) is 7.11. The highest BCUT2D eigenvalue weighted by molar-refractivity contribution is 4.85. The lowest BCUT2D eigenvalue weighted by atomic mass is 10.1. The lowest BCUT2D eigenvalue weighted by Crippen LogP contribution is -2.58. The number of hydrogen-bond donors (Lipinski definition) is 0. The van der Waals surface area contributed by atoms with E-state index in [1.54, 1.807) is 0 Å². The normalized spacial score (nSPS) is 17.8. The van der Waals surface area contributed by atoms with Crippen molar-refractivity contribution < 1.29 is 4.48 Å². The highest BCUT2D eigenvalue weighted by atomic mass is 15.4. The third kappa shape index (κ3) is 4.58. The molecule has 1 aliphatic heterocycles. The SMILES string of the molecule is C#CC[N+]1(CCCCCCCCC)CCC1. The molecule has 0 saturated carbocycles. The number of quaternary nitrogens is 1. The van der Waals surface area contributed by atoms with Crippen LogP contribution in [0.2, 0.25) is 0 Å². The second kappa shape index (κ2) is 7.74. The van der Waals surface area contributed by atoms with Crippen molar-refractivity contribution >= 4 is 0 Å². The number of nitrogens with zero attached hydrogens (tertiary/aromatic N) is 1. The molecule has 0 radical (unpaired) electrons. The van der Waals surface area contributed by atoms with Crippen molar-refractivity contribution in [2.75, 3.05) is 26.2 Å². The molecular formula is C15H28N+. The zero-order valence-corrected chi connectivity index (χ0v) is 11.0. The van der Waals surface area contributed by atoms with Gasteiger partial charge in [-0.3, -0.25) is 0 Å². The molecule has 16 heavy (non-hydrogen) atoms. The van der Waals surface area contributed by atoms with Gasteiger partial charge in [-0.2, -0.15) is 0 Å². The molecule has 0 spiro atoms. The van der Waals surface area contributed by atoms with Gasteiger partial charge in [-0.05, 0) is 18.8 Å². The van der Waals surface area contributed by atoms with Crippen LogP contribution < -0.4 is 0 Å². The minimum atomic E-state index is 0.968. The van der Waals surface area contributed by atoms with Gasteiger partial charge in [-0.25, -0.2) is 0 Å². The lowest BCUT2D eigenvalue weighted by Gasteiger charge is -2.44. The average Bonchev–Trinajstić information content (AvgIpc) is 2.24. The van der Waals surface area contributed by atoms with E-state index >= 15 is 0 Å². The fourth-order valence-corrected chi connectivity index (χ4v) is 2.66. The van der Waals surface area contributed by atoms with Crippen LogP contribution in [0.4, 0.5) is 0 Å². The molecule has 92 valence electrons. The molecule has 0 N–H and O–H groups in total. The smallest absolute Gasteiger partial charge is 0.140 e. The van der Waals surface area contributed by atoms with Crippen molar-refractivity contribution in [1.29, 1.82) is 0 Å². The Labute approximate surface area is 102 Å². The summed E-state index contributed by atoms with van der Waals surface area (Å²) in [4.78, 5) is 0. The van der Waals surface area contributed by atoms with E-state index < -0.39 is 0 Å². The lowest BCUT2D eigenvalue weighted by molar-refractivity contribution is -0.957. The molecule has 1 nitrogen and oxygen atoms in total. The second-order valence-electron chi connectivity index (χ2n) is 5.35. The summed E-state index contributed by atoms with van der Waals surface area (Å²) in [7, 11) is 0. The molecule has 1 rings (SSSR count). The van der Waals surface area contributed by atoms with Gasteiger partial charge >= 0.3 is 0 Å². The highest BCUT2D eigenvalue weighted by Crippen LogP contribution is 2.21. The van der Waals surface area contributed by atoms with Gasteiger partial charge in [-0.15, -0.1) is 6.42 Å². The molecule has 0 atom stereocenters. The predicted octanol–water partition coefficient (Wildman–Crippen LogP) is 3.59. The molecule has 1 aliphatic rings. The maximum absolute atomic E-state index is 5.44. The van der Waals surface area contributed by atoms with E-state index in [9.17, 15) is 0 Å². The van der Waals surface area contributed by atoms with Gasteiger partial charge in [0.1, 0.15) is 6.54 Å². The van der Waals surface area contributed by atoms with Crippen LogP contribution in [-0.2, 0) is 0 Å². The van der Waals surface area contributed by atoms with Gasteiger partial charge in [0, 0.05) is 6.42 Å². The second-order valence-corrected chi connectivity index (χ2v) is 5.35. The van der Waals surface area contributed by atoms with E-state index in [4.69, 9.17) is 6.42 Å². The van der Waals surface area contributed by atoms with E-state index in [0.717, 1.165) is 6.54 Å². The molecule has 1 heteroatoms. The predicted molar refractivity (Wildman–Crippen MR) is 71.2 cm³/mol. The Morgan fingerprint density at radius 2 is 1.62 bits per heavy atom. The fraction of sp³-hybridized carbons (Fsp3) is 0.867. The summed E-state index contributed by atoms with van der Waals surface area (Å²) in [5.41, 5.74) is 0. The van der Waals surface area contributed by atoms with Gasteiger partial charge in [0.05, 0.1) is 19.6 Å². The molecule has 1 heterocycles. The Balaban J connectivity index is 1.96. The van der Waals surface area contributed by atoms with Gasteiger partial charge in [0.2, 0.25) is 0 Å².